The molecule has 1 fully saturated rings. The zero-order valence-corrected chi connectivity index (χ0v) is 17.9. The number of ether oxygens (including phenoxy) is 3. The van der Waals surface area contributed by atoms with Gasteiger partial charge in [-0.3, -0.25) is 9.59 Å². The van der Waals surface area contributed by atoms with Crippen molar-refractivity contribution in [2.45, 2.75) is 38.3 Å². The minimum Gasteiger partial charge on any atom is -0.493 e. The zero-order chi connectivity index (χ0) is 21.9. The van der Waals surface area contributed by atoms with E-state index in [0.29, 0.717) is 49.6 Å². The van der Waals surface area contributed by atoms with E-state index in [2.05, 4.69) is 10.6 Å². The predicted octanol–water partition coefficient (Wildman–Crippen LogP) is 3.08. The first-order valence-electron chi connectivity index (χ1n) is 10.7. The van der Waals surface area contributed by atoms with Gasteiger partial charge in [-0.1, -0.05) is 24.3 Å². The van der Waals surface area contributed by atoms with Crippen LogP contribution in [0.2, 0.25) is 0 Å². The van der Waals surface area contributed by atoms with Crippen molar-refractivity contribution >= 4 is 11.8 Å². The number of amides is 2. The van der Waals surface area contributed by atoms with Crippen LogP contribution < -0.4 is 20.1 Å². The number of carbonyl (C=O) groups is 2. The van der Waals surface area contributed by atoms with Crippen LogP contribution >= 0.6 is 0 Å². The molecule has 7 heteroatoms. The summed E-state index contributed by atoms with van der Waals surface area (Å²) in [4.78, 5) is 24.1. The fraction of sp³-hybridized carbons (Fsp3) is 0.417. The molecule has 7 nitrogen and oxygen atoms in total. The van der Waals surface area contributed by atoms with Gasteiger partial charge in [0.05, 0.1) is 13.2 Å². The third kappa shape index (κ3) is 7.29. The summed E-state index contributed by atoms with van der Waals surface area (Å²) in [5.74, 6) is 1.11. The fourth-order valence-electron chi connectivity index (χ4n) is 3.33. The molecule has 0 aromatic heterocycles. The minimum absolute atomic E-state index is 0.0633. The van der Waals surface area contributed by atoms with Crippen molar-refractivity contribution in [2.24, 2.45) is 0 Å². The molecule has 1 heterocycles. The van der Waals surface area contributed by atoms with Crippen molar-refractivity contribution < 1.29 is 23.8 Å². The summed E-state index contributed by atoms with van der Waals surface area (Å²) in [6.07, 6.45) is 3.14. The number of methoxy groups -OCH3 is 1. The van der Waals surface area contributed by atoms with E-state index in [0.717, 1.165) is 25.0 Å². The van der Waals surface area contributed by atoms with E-state index >= 15 is 0 Å². The molecule has 3 rings (SSSR count). The largest absolute Gasteiger partial charge is 0.493 e. The smallest absolute Gasteiger partial charge is 0.251 e. The molecular weight excluding hydrogens is 396 g/mol. The van der Waals surface area contributed by atoms with Crippen molar-refractivity contribution in [3.8, 4) is 11.5 Å². The van der Waals surface area contributed by atoms with Crippen LogP contribution in [0.4, 0.5) is 0 Å². The highest BCUT2D eigenvalue weighted by Crippen LogP contribution is 2.29. The summed E-state index contributed by atoms with van der Waals surface area (Å²) in [6.45, 7) is 2.15. The Balaban J connectivity index is 1.36. The highest BCUT2D eigenvalue weighted by molar-refractivity contribution is 5.94. The second-order valence-electron chi connectivity index (χ2n) is 7.43. The predicted molar refractivity (Wildman–Crippen MR) is 117 cm³/mol. The van der Waals surface area contributed by atoms with Gasteiger partial charge in [0, 0.05) is 31.7 Å². The molecule has 2 aromatic rings. The summed E-state index contributed by atoms with van der Waals surface area (Å²) in [5.41, 5.74) is 1.54. The summed E-state index contributed by atoms with van der Waals surface area (Å²) in [5, 5.41) is 5.72. The van der Waals surface area contributed by atoms with Crippen LogP contribution in [0.15, 0.2) is 48.5 Å². The molecule has 0 aliphatic carbocycles. The highest BCUT2D eigenvalue weighted by atomic mass is 16.5. The Labute approximate surface area is 183 Å². The van der Waals surface area contributed by atoms with Crippen molar-refractivity contribution in [2.75, 3.05) is 26.9 Å². The second kappa shape index (κ2) is 12.0. The number of hydrogen-bond acceptors (Lipinski definition) is 5. The zero-order valence-electron chi connectivity index (χ0n) is 17.9. The van der Waals surface area contributed by atoms with Gasteiger partial charge in [0.1, 0.15) is 6.61 Å². The Kier molecular flexibility index (Phi) is 8.72. The normalized spacial score (nSPS) is 15.3. The van der Waals surface area contributed by atoms with Gasteiger partial charge >= 0.3 is 0 Å². The summed E-state index contributed by atoms with van der Waals surface area (Å²) >= 11 is 0. The van der Waals surface area contributed by atoms with Gasteiger partial charge in [-0.05, 0) is 49.1 Å². The Hall–Kier alpha value is -3.06. The minimum atomic E-state index is -0.130. The average molecular weight is 427 g/mol. The molecule has 2 aromatic carbocycles. The van der Waals surface area contributed by atoms with E-state index in [1.807, 2.05) is 36.4 Å². The van der Waals surface area contributed by atoms with Gasteiger partial charge in [-0.25, -0.2) is 0 Å². The maximum Gasteiger partial charge on any atom is 0.251 e. The van der Waals surface area contributed by atoms with E-state index in [1.165, 1.54) is 0 Å². The standard InChI is InChI=1S/C24H30N2O5/c1-29-22-15-18(11-12-21(22)31-17-20-9-6-14-30-20)16-26-23(27)10-5-13-25-24(28)19-7-3-2-4-8-19/h2-4,7-8,11-12,15,20H,5-6,9-10,13-14,16-17H2,1H3,(H,25,28)(H,26,27). The molecule has 31 heavy (non-hydrogen) atoms. The van der Waals surface area contributed by atoms with E-state index in [1.54, 1.807) is 19.2 Å². The third-order valence-electron chi connectivity index (χ3n) is 5.07. The molecule has 166 valence electrons. The van der Waals surface area contributed by atoms with Gasteiger partial charge in [0.25, 0.3) is 5.91 Å². The Morgan fingerprint density at radius 1 is 1.10 bits per heavy atom. The quantitative estimate of drug-likeness (QED) is 0.540. The lowest BCUT2D eigenvalue weighted by atomic mass is 10.2. The Bertz CT molecular complexity index is 850. The molecule has 1 unspecified atom stereocenters. The fourth-order valence-corrected chi connectivity index (χ4v) is 3.33. The molecule has 2 amide bonds. The number of rotatable bonds is 11. The Morgan fingerprint density at radius 2 is 1.94 bits per heavy atom. The molecule has 0 radical (unpaired) electrons. The van der Waals surface area contributed by atoms with Crippen molar-refractivity contribution in [1.29, 1.82) is 0 Å². The first-order chi connectivity index (χ1) is 15.2. The highest BCUT2D eigenvalue weighted by Gasteiger charge is 2.17. The number of carbonyl (C=O) groups excluding carboxylic acids is 2. The van der Waals surface area contributed by atoms with Crippen LogP contribution in [-0.2, 0) is 16.1 Å². The maximum absolute atomic E-state index is 12.1. The van der Waals surface area contributed by atoms with E-state index in [9.17, 15) is 9.59 Å². The summed E-state index contributed by atoms with van der Waals surface area (Å²) < 4.78 is 16.8. The third-order valence-corrected chi connectivity index (χ3v) is 5.07. The molecule has 1 saturated heterocycles. The van der Waals surface area contributed by atoms with E-state index in [4.69, 9.17) is 14.2 Å². The summed E-state index contributed by atoms with van der Waals surface area (Å²) in [7, 11) is 1.60. The molecule has 2 N–H and O–H groups in total. The number of hydrogen-bond donors (Lipinski definition) is 2. The molecule has 1 aliphatic rings. The lowest BCUT2D eigenvalue weighted by molar-refractivity contribution is -0.121. The molecule has 0 spiro atoms. The molecule has 0 bridgehead atoms. The van der Waals surface area contributed by atoms with Gasteiger partial charge < -0.3 is 24.8 Å². The van der Waals surface area contributed by atoms with Crippen LogP contribution in [0.1, 0.15) is 41.6 Å². The second-order valence-corrected chi connectivity index (χ2v) is 7.43. The topological polar surface area (TPSA) is 85.9 Å². The van der Waals surface area contributed by atoms with Crippen LogP contribution in [-0.4, -0.2) is 44.8 Å². The lowest BCUT2D eigenvalue weighted by Gasteiger charge is -2.15. The average Bonchev–Trinajstić information content (AvgIpc) is 3.33. The lowest BCUT2D eigenvalue weighted by Crippen LogP contribution is -2.27. The number of benzene rings is 2. The molecular formula is C24H30N2O5. The molecule has 1 atom stereocenters. The van der Waals surface area contributed by atoms with Crippen molar-refractivity contribution in [3.63, 3.8) is 0 Å². The van der Waals surface area contributed by atoms with Crippen molar-refractivity contribution in [3.05, 3.63) is 59.7 Å². The number of nitrogens with one attached hydrogen (secondary N) is 2. The first kappa shape index (κ1) is 22.6. The summed E-state index contributed by atoms with van der Waals surface area (Å²) in [6, 6.07) is 14.7. The van der Waals surface area contributed by atoms with Crippen LogP contribution in [0.3, 0.4) is 0 Å². The van der Waals surface area contributed by atoms with Gasteiger partial charge in [-0.15, -0.1) is 0 Å². The maximum atomic E-state index is 12.1. The van der Waals surface area contributed by atoms with Gasteiger partial charge in [0.15, 0.2) is 11.5 Å². The van der Waals surface area contributed by atoms with E-state index in [-0.39, 0.29) is 17.9 Å². The first-order valence-corrected chi connectivity index (χ1v) is 10.7. The molecule has 0 saturated carbocycles. The van der Waals surface area contributed by atoms with Crippen molar-refractivity contribution in [1.82, 2.24) is 10.6 Å². The molecule has 1 aliphatic heterocycles. The van der Waals surface area contributed by atoms with Gasteiger partial charge in [0.2, 0.25) is 5.91 Å². The van der Waals surface area contributed by atoms with Crippen LogP contribution in [0.5, 0.6) is 11.5 Å². The Morgan fingerprint density at radius 3 is 2.68 bits per heavy atom. The van der Waals surface area contributed by atoms with Gasteiger partial charge in [-0.2, -0.15) is 0 Å². The van der Waals surface area contributed by atoms with Crippen LogP contribution in [0, 0.1) is 0 Å². The monoisotopic (exact) mass is 426 g/mol. The van der Waals surface area contributed by atoms with E-state index < -0.39 is 0 Å². The SMILES string of the molecule is COc1cc(CNC(=O)CCCNC(=O)c2ccccc2)ccc1OCC1CCCO1. The van der Waals surface area contributed by atoms with Crippen LogP contribution in [0.25, 0.3) is 0 Å².